The van der Waals surface area contributed by atoms with Crippen LogP contribution in [0.5, 0.6) is 5.75 Å². The molecule has 2 atom stereocenters. The fourth-order valence-electron chi connectivity index (χ4n) is 4.42. The number of nitrogens with zero attached hydrogens (tertiary/aromatic N) is 2. The molecule has 2 aromatic rings. The maximum absolute atomic E-state index is 13.1. The molecular weight excluding hydrogens is 428 g/mol. The van der Waals surface area contributed by atoms with Crippen LogP contribution in [0.25, 0.3) is 5.76 Å². The summed E-state index contributed by atoms with van der Waals surface area (Å²) in [5, 5.41) is 11.7. The van der Waals surface area contributed by atoms with Gasteiger partial charge < -0.3 is 19.6 Å². The minimum Gasteiger partial charge on any atom is -0.507 e. The molecule has 0 saturated carbocycles. The molecule has 1 N–H and O–H groups in total. The number of halogens is 1. The number of aliphatic hydroxyl groups excluding tert-OH is 1. The lowest BCUT2D eigenvalue weighted by Gasteiger charge is -2.26. The number of likely N-dealkylation sites (tertiary alicyclic amines) is 1. The molecule has 0 aromatic heterocycles. The van der Waals surface area contributed by atoms with Crippen molar-refractivity contribution in [2.75, 3.05) is 27.2 Å². The number of carbonyl (C=O) groups is 2. The van der Waals surface area contributed by atoms with Gasteiger partial charge in [0.2, 0.25) is 0 Å². The monoisotopic (exact) mass is 454 g/mol. The molecule has 168 valence electrons. The zero-order valence-corrected chi connectivity index (χ0v) is 19.2. The lowest BCUT2D eigenvalue weighted by atomic mass is 9.94. The van der Waals surface area contributed by atoms with Crippen molar-refractivity contribution in [1.29, 1.82) is 0 Å². The Morgan fingerprint density at radius 3 is 2.72 bits per heavy atom. The van der Waals surface area contributed by atoms with Crippen LogP contribution >= 0.6 is 11.6 Å². The first-order chi connectivity index (χ1) is 15.3. The van der Waals surface area contributed by atoms with Crippen molar-refractivity contribution in [3.63, 3.8) is 0 Å². The Morgan fingerprint density at radius 1 is 1.22 bits per heavy atom. The number of ketones is 1. The average Bonchev–Trinajstić information content (AvgIpc) is 3.24. The van der Waals surface area contributed by atoms with E-state index in [9.17, 15) is 14.7 Å². The van der Waals surface area contributed by atoms with Crippen LogP contribution in [0.3, 0.4) is 0 Å². The topological polar surface area (TPSA) is 70.1 Å². The van der Waals surface area contributed by atoms with Gasteiger partial charge in [-0.15, -0.1) is 0 Å². The Hall–Kier alpha value is -2.83. The number of ether oxygens (including phenoxy) is 1. The molecule has 1 saturated heterocycles. The van der Waals surface area contributed by atoms with E-state index in [1.165, 1.54) is 0 Å². The highest BCUT2D eigenvalue weighted by atomic mass is 35.5. The first-order valence-corrected chi connectivity index (χ1v) is 11.1. The molecule has 1 amide bonds. The quantitative estimate of drug-likeness (QED) is 0.405. The van der Waals surface area contributed by atoms with E-state index in [4.69, 9.17) is 16.3 Å². The van der Waals surface area contributed by atoms with E-state index in [1.807, 2.05) is 38.1 Å². The van der Waals surface area contributed by atoms with Gasteiger partial charge in [0.1, 0.15) is 17.6 Å². The highest BCUT2D eigenvalue weighted by Gasteiger charge is 2.45. The van der Waals surface area contributed by atoms with Gasteiger partial charge >= 0.3 is 0 Å². The lowest BCUT2D eigenvalue weighted by molar-refractivity contribution is -0.139. The van der Waals surface area contributed by atoms with Gasteiger partial charge in [-0.05, 0) is 75.4 Å². The van der Waals surface area contributed by atoms with Crippen LogP contribution in [-0.2, 0) is 16.0 Å². The second-order valence-electron chi connectivity index (χ2n) is 8.66. The molecule has 0 spiro atoms. The van der Waals surface area contributed by atoms with Crippen molar-refractivity contribution in [2.24, 2.45) is 0 Å². The van der Waals surface area contributed by atoms with Gasteiger partial charge in [0.15, 0.2) is 0 Å². The Bertz CT molecular complexity index is 1100. The van der Waals surface area contributed by atoms with Crippen LogP contribution < -0.4 is 4.74 Å². The number of rotatable bonds is 6. The number of fused-ring (bicyclic) bond motifs is 1. The van der Waals surface area contributed by atoms with Crippen molar-refractivity contribution in [1.82, 2.24) is 9.80 Å². The number of aliphatic hydroxyl groups is 1. The van der Waals surface area contributed by atoms with Gasteiger partial charge in [0.25, 0.3) is 11.7 Å². The van der Waals surface area contributed by atoms with E-state index in [0.29, 0.717) is 29.1 Å². The predicted octanol–water partition coefficient (Wildman–Crippen LogP) is 4.04. The molecule has 0 aliphatic carbocycles. The van der Waals surface area contributed by atoms with Gasteiger partial charge in [-0.2, -0.15) is 0 Å². The van der Waals surface area contributed by atoms with E-state index < -0.39 is 17.7 Å². The molecule has 2 aliphatic rings. The third kappa shape index (κ3) is 4.25. The summed E-state index contributed by atoms with van der Waals surface area (Å²) in [7, 11) is 3.92. The van der Waals surface area contributed by atoms with Gasteiger partial charge in [0.05, 0.1) is 11.6 Å². The zero-order valence-electron chi connectivity index (χ0n) is 18.5. The largest absolute Gasteiger partial charge is 0.507 e. The van der Waals surface area contributed by atoms with Crippen molar-refractivity contribution in [3.05, 3.63) is 69.8 Å². The van der Waals surface area contributed by atoms with E-state index in [2.05, 4.69) is 0 Å². The molecule has 6 nitrogen and oxygen atoms in total. The minimum absolute atomic E-state index is 0.0659. The Labute approximate surface area is 193 Å². The second-order valence-corrected chi connectivity index (χ2v) is 9.10. The van der Waals surface area contributed by atoms with E-state index >= 15 is 0 Å². The Balaban J connectivity index is 1.78. The number of amides is 1. The predicted molar refractivity (Wildman–Crippen MR) is 124 cm³/mol. The Morgan fingerprint density at radius 2 is 2.00 bits per heavy atom. The van der Waals surface area contributed by atoms with Gasteiger partial charge in [-0.3, -0.25) is 9.59 Å². The van der Waals surface area contributed by atoms with Crippen molar-refractivity contribution >= 4 is 29.1 Å². The van der Waals surface area contributed by atoms with E-state index in [-0.39, 0.29) is 17.4 Å². The SMILES string of the molecule is C[C@H]1Cc2cc(C(O)=C3C(=O)C(=O)N(CCCN(C)C)[C@@H]3c3cccc(Cl)c3)ccc2O1. The van der Waals surface area contributed by atoms with Gasteiger partial charge in [-0.25, -0.2) is 0 Å². The molecule has 2 aliphatic heterocycles. The number of benzene rings is 2. The number of carbonyl (C=O) groups excluding carboxylic acids is 2. The smallest absolute Gasteiger partial charge is 0.295 e. The molecule has 2 heterocycles. The third-order valence-electron chi connectivity index (χ3n) is 5.88. The maximum Gasteiger partial charge on any atom is 0.295 e. The summed E-state index contributed by atoms with van der Waals surface area (Å²) >= 11 is 6.22. The normalized spacial score (nSPS) is 21.8. The maximum atomic E-state index is 13.1. The van der Waals surface area contributed by atoms with Crippen LogP contribution in [0.2, 0.25) is 5.02 Å². The molecule has 2 aromatic carbocycles. The Kier molecular flexibility index (Phi) is 6.26. The van der Waals surface area contributed by atoms with E-state index in [1.54, 1.807) is 35.2 Å². The highest BCUT2D eigenvalue weighted by Crippen LogP contribution is 2.41. The summed E-state index contributed by atoms with van der Waals surface area (Å²) in [4.78, 5) is 29.7. The number of Topliss-reactive ketones (excluding diaryl/α,β-unsaturated/α-hetero) is 1. The summed E-state index contributed by atoms with van der Waals surface area (Å²) in [6.45, 7) is 3.15. The van der Waals surface area contributed by atoms with Crippen molar-refractivity contribution in [3.8, 4) is 5.75 Å². The molecule has 0 bridgehead atoms. The second kappa shape index (κ2) is 8.96. The molecule has 1 fully saturated rings. The van der Waals surface area contributed by atoms with Gasteiger partial charge in [-0.1, -0.05) is 23.7 Å². The van der Waals surface area contributed by atoms with Crippen LogP contribution in [0.1, 0.15) is 36.1 Å². The fourth-order valence-corrected chi connectivity index (χ4v) is 4.61. The van der Waals surface area contributed by atoms with Crippen LogP contribution in [0.4, 0.5) is 0 Å². The third-order valence-corrected chi connectivity index (χ3v) is 6.11. The molecule has 7 heteroatoms. The number of hydrogen-bond donors (Lipinski definition) is 1. The van der Waals surface area contributed by atoms with Gasteiger partial charge in [0, 0.05) is 23.6 Å². The average molecular weight is 455 g/mol. The first kappa shape index (κ1) is 22.4. The minimum atomic E-state index is -0.695. The summed E-state index contributed by atoms with van der Waals surface area (Å²) in [6, 6.07) is 11.8. The highest BCUT2D eigenvalue weighted by molar-refractivity contribution is 6.46. The molecule has 0 unspecified atom stereocenters. The standard InChI is InChI=1S/C25H27ClN2O4/c1-15-12-18-13-17(8-9-20(18)32-15)23(29)21-22(16-6-4-7-19(26)14-16)28(25(31)24(21)30)11-5-10-27(2)3/h4,6-9,13-15,22,29H,5,10-12H2,1-3H3/t15-,22+/m0/s1. The summed E-state index contributed by atoms with van der Waals surface area (Å²) in [6.07, 6.45) is 1.49. The van der Waals surface area contributed by atoms with Crippen molar-refractivity contribution in [2.45, 2.75) is 31.9 Å². The van der Waals surface area contributed by atoms with Crippen LogP contribution in [0, 0.1) is 0 Å². The molecular formula is C25H27ClN2O4. The van der Waals surface area contributed by atoms with E-state index in [0.717, 1.165) is 24.3 Å². The number of hydrogen-bond acceptors (Lipinski definition) is 5. The fraction of sp³-hybridized carbons (Fsp3) is 0.360. The summed E-state index contributed by atoms with van der Waals surface area (Å²) in [5.41, 5.74) is 2.26. The summed E-state index contributed by atoms with van der Waals surface area (Å²) < 4.78 is 5.74. The lowest BCUT2D eigenvalue weighted by Crippen LogP contribution is -2.32. The van der Waals surface area contributed by atoms with Crippen LogP contribution in [0.15, 0.2) is 48.0 Å². The van der Waals surface area contributed by atoms with Crippen LogP contribution in [-0.4, -0.2) is 59.9 Å². The molecule has 32 heavy (non-hydrogen) atoms. The molecule has 0 radical (unpaired) electrons. The first-order valence-electron chi connectivity index (χ1n) is 10.7. The zero-order chi connectivity index (χ0) is 23.0. The van der Waals surface area contributed by atoms with Crippen molar-refractivity contribution < 1.29 is 19.4 Å². The summed E-state index contributed by atoms with van der Waals surface area (Å²) in [5.74, 6) is -0.675. The molecule has 4 rings (SSSR count).